The van der Waals surface area contributed by atoms with Gasteiger partial charge in [-0.05, 0) is 18.9 Å². The van der Waals surface area contributed by atoms with Gasteiger partial charge in [-0.2, -0.15) is 0 Å². The Morgan fingerprint density at radius 3 is 2.66 bits per heavy atom. The van der Waals surface area contributed by atoms with Crippen LogP contribution in [0.5, 0.6) is 0 Å². The number of nitrogens with zero attached hydrogens (tertiary/aromatic N) is 2. The molecule has 0 fully saturated rings. The number of imidazole rings is 1. The van der Waals surface area contributed by atoms with Crippen molar-refractivity contribution in [1.82, 2.24) is 25.6 Å². The van der Waals surface area contributed by atoms with Crippen LogP contribution in [0.1, 0.15) is 56.2 Å². The minimum Gasteiger partial charge on any atom is -0.460 e. The number of aliphatic hydroxyl groups is 1. The van der Waals surface area contributed by atoms with E-state index in [9.17, 15) is 24.3 Å². The molecule has 2 bridgehead atoms. The fourth-order valence-corrected chi connectivity index (χ4v) is 4.30. The van der Waals surface area contributed by atoms with Crippen LogP contribution >= 0.6 is 0 Å². The Morgan fingerprint density at radius 2 is 1.95 bits per heavy atom. The molecule has 41 heavy (non-hydrogen) atoms. The topological polar surface area (TPSA) is 177 Å². The van der Waals surface area contributed by atoms with Gasteiger partial charge in [0.25, 0.3) is 5.91 Å². The van der Waals surface area contributed by atoms with Crippen molar-refractivity contribution in [3.05, 3.63) is 72.0 Å². The molecule has 1 aliphatic heterocycles. The fraction of sp³-hybridized carbons (Fsp3) is 0.448. The van der Waals surface area contributed by atoms with Crippen LogP contribution in [0.15, 0.2) is 59.2 Å². The van der Waals surface area contributed by atoms with Gasteiger partial charge in [0.1, 0.15) is 24.2 Å². The average Bonchev–Trinajstić information content (AvgIpc) is 3.59. The lowest BCUT2D eigenvalue weighted by Gasteiger charge is -2.28. The highest BCUT2D eigenvalue weighted by molar-refractivity contribution is 5.95. The highest BCUT2D eigenvalue weighted by Gasteiger charge is 2.31. The maximum atomic E-state index is 13.4. The quantitative estimate of drug-likeness (QED) is 0.404. The number of carbonyl (C=O) groups excluding carboxylic acids is 4. The molecule has 0 radical (unpaired) electrons. The van der Waals surface area contributed by atoms with E-state index in [1.807, 2.05) is 20.8 Å². The van der Waals surface area contributed by atoms with Crippen molar-refractivity contribution in [2.75, 3.05) is 6.54 Å². The van der Waals surface area contributed by atoms with Gasteiger partial charge in [-0.25, -0.2) is 14.8 Å². The van der Waals surface area contributed by atoms with E-state index in [4.69, 9.17) is 9.15 Å². The van der Waals surface area contributed by atoms with E-state index in [2.05, 4.69) is 25.6 Å². The van der Waals surface area contributed by atoms with E-state index in [1.165, 1.54) is 18.5 Å². The summed E-state index contributed by atoms with van der Waals surface area (Å²) in [6.45, 7) is 7.64. The number of nitrogens with one attached hydrogen (secondary N) is 3. The van der Waals surface area contributed by atoms with E-state index < -0.39 is 30.1 Å². The largest absolute Gasteiger partial charge is 0.460 e. The zero-order valence-corrected chi connectivity index (χ0v) is 23.6. The van der Waals surface area contributed by atoms with Gasteiger partial charge in [0.15, 0.2) is 5.69 Å². The lowest BCUT2D eigenvalue weighted by molar-refractivity contribution is -0.155. The summed E-state index contributed by atoms with van der Waals surface area (Å²) in [5.74, 6) is -2.44. The third kappa shape index (κ3) is 9.98. The van der Waals surface area contributed by atoms with E-state index in [0.29, 0.717) is 11.3 Å². The standard InChI is InChI=1S/C29H37N5O7/c1-17(2)27-19(4)7-8-25(37)31-9-5-6-18(3)10-21(35)12-22(36)13-26-33-24(15-40-26)28(38)34-23(29(39)41-27)11-20-14-30-16-32-20/h5-8,10,14-17,19,21,23,27,35H,9,11-13H2,1-4H3,(H,30,32)(H,31,37)(H,34,38)/b6-5+,8-7+,18-10+/t19-,21-,23-,27-/m1/s1. The number of hydrogen-bond acceptors (Lipinski definition) is 9. The Morgan fingerprint density at radius 1 is 1.17 bits per heavy atom. The van der Waals surface area contributed by atoms with Gasteiger partial charge in [-0.3, -0.25) is 14.4 Å². The van der Waals surface area contributed by atoms with Crippen molar-refractivity contribution in [1.29, 1.82) is 0 Å². The first-order chi connectivity index (χ1) is 19.5. The Kier molecular flexibility index (Phi) is 11.3. The molecule has 0 aliphatic carbocycles. The molecule has 0 unspecified atom stereocenters. The molecule has 0 aromatic carbocycles. The molecule has 3 rings (SSSR count). The number of ketones is 1. The number of esters is 1. The van der Waals surface area contributed by atoms with Crippen LogP contribution in [0.3, 0.4) is 0 Å². The molecule has 2 aromatic heterocycles. The zero-order valence-electron chi connectivity index (χ0n) is 23.6. The van der Waals surface area contributed by atoms with Crippen molar-refractivity contribution in [2.24, 2.45) is 11.8 Å². The van der Waals surface area contributed by atoms with Gasteiger partial charge < -0.3 is 29.9 Å². The maximum absolute atomic E-state index is 13.4. The minimum atomic E-state index is -1.10. The van der Waals surface area contributed by atoms with Gasteiger partial charge >= 0.3 is 5.97 Å². The number of aliphatic hydroxyl groups excluding tert-OH is 1. The molecular weight excluding hydrogens is 530 g/mol. The molecule has 2 aromatic rings. The summed E-state index contributed by atoms with van der Waals surface area (Å²) in [4.78, 5) is 62.2. The number of hydrogen-bond donors (Lipinski definition) is 4. The first-order valence-electron chi connectivity index (χ1n) is 13.5. The summed E-state index contributed by atoms with van der Waals surface area (Å²) in [5, 5.41) is 15.6. The number of oxazole rings is 1. The molecule has 220 valence electrons. The molecule has 0 spiro atoms. The summed E-state index contributed by atoms with van der Waals surface area (Å²) in [7, 11) is 0. The van der Waals surface area contributed by atoms with Crippen LogP contribution in [-0.4, -0.2) is 68.4 Å². The zero-order chi connectivity index (χ0) is 29.9. The molecule has 4 atom stereocenters. The van der Waals surface area contributed by atoms with Crippen molar-refractivity contribution in [2.45, 2.75) is 65.2 Å². The number of aromatic amines is 1. The highest BCUT2D eigenvalue weighted by Crippen LogP contribution is 2.20. The average molecular weight is 568 g/mol. The van der Waals surface area contributed by atoms with Crippen LogP contribution in [0, 0.1) is 11.8 Å². The number of H-pyrrole nitrogens is 1. The second-order valence-electron chi connectivity index (χ2n) is 10.3. The lowest BCUT2D eigenvalue weighted by atomic mass is 9.94. The second-order valence-corrected chi connectivity index (χ2v) is 10.3. The van der Waals surface area contributed by atoms with Gasteiger partial charge in [0.05, 0.1) is 24.5 Å². The smallest absolute Gasteiger partial charge is 0.329 e. The summed E-state index contributed by atoms with van der Waals surface area (Å²) < 4.78 is 11.2. The summed E-state index contributed by atoms with van der Waals surface area (Å²) in [6, 6.07) is -1.10. The summed E-state index contributed by atoms with van der Waals surface area (Å²) in [5.41, 5.74) is 1.12. The Labute approximate surface area is 238 Å². The fourth-order valence-electron chi connectivity index (χ4n) is 4.30. The third-order valence-electron chi connectivity index (χ3n) is 6.34. The number of carbonyl (C=O) groups is 4. The van der Waals surface area contributed by atoms with Crippen molar-refractivity contribution >= 4 is 23.6 Å². The first-order valence-corrected chi connectivity index (χ1v) is 13.5. The number of ether oxygens (including phenoxy) is 1. The molecule has 12 nitrogen and oxygen atoms in total. The summed E-state index contributed by atoms with van der Waals surface area (Å²) in [6.07, 6.45) is 10.2. The molecular formula is C29H37N5O7. The Balaban J connectivity index is 1.88. The van der Waals surface area contributed by atoms with Crippen LogP contribution in [0.4, 0.5) is 0 Å². The maximum Gasteiger partial charge on any atom is 0.329 e. The minimum absolute atomic E-state index is 0.00833. The number of allylic oxidation sites excluding steroid dienone is 2. The van der Waals surface area contributed by atoms with Crippen LogP contribution in [0.2, 0.25) is 0 Å². The molecule has 2 amide bonds. The van der Waals surface area contributed by atoms with Crippen LogP contribution in [-0.2, 0) is 32.0 Å². The van der Waals surface area contributed by atoms with Gasteiger partial charge in [0, 0.05) is 31.5 Å². The monoisotopic (exact) mass is 567 g/mol. The number of Topliss-reactive ketones (excluding diaryl/α,β-unsaturated/α-hetero) is 1. The number of rotatable bonds is 3. The van der Waals surface area contributed by atoms with E-state index in [1.54, 1.807) is 31.3 Å². The third-order valence-corrected chi connectivity index (χ3v) is 6.34. The number of cyclic esters (lactones) is 1. The predicted molar refractivity (Wildman–Crippen MR) is 148 cm³/mol. The lowest BCUT2D eigenvalue weighted by Crippen LogP contribution is -2.46. The van der Waals surface area contributed by atoms with E-state index >= 15 is 0 Å². The highest BCUT2D eigenvalue weighted by atomic mass is 16.5. The first kappa shape index (κ1) is 31.2. The van der Waals surface area contributed by atoms with Crippen LogP contribution in [0.25, 0.3) is 0 Å². The summed E-state index contributed by atoms with van der Waals surface area (Å²) >= 11 is 0. The molecule has 3 heterocycles. The molecule has 4 N–H and O–H groups in total. The van der Waals surface area contributed by atoms with Crippen molar-refractivity contribution in [3.8, 4) is 0 Å². The number of amides is 2. The molecule has 12 heteroatoms. The van der Waals surface area contributed by atoms with Gasteiger partial charge in [0.2, 0.25) is 11.8 Å². The Bertz CT molecular complexity index is 1290. The van der Waals surface area contributed by atoms with E-state index in [0.717, 1.165) is 6.26 Å². The number of aromatic nitrogens is 3. The van der Waals surface area contributed by atoms with E-state index in [-0.39, 0.29) is 60.9 Å². The predicted octanol–water partition coefficient (Wildman–Crippen LogP) is 1.99. The van der Waals surface area contributed by atoms with Crippen molar-refractivity contribution < 1.29 is 33.4 Å². The normalized spacial score (nSPS) is 26.8. The SMILES string of the molecule is CC1=C\[C@@H](O)CC(=O)Cc2nc(co2)C(=O)N[C@H](Cc2c[nH]cn2)C(=O)O[C@H](C(C)C)[C@H](C)/C=C/C(=O)NC\C=C\1. The second kappa shape index (κ2) is 14.9. The molecule has 0 saturated carbocycles. The van der Waals surface area contributed by atoms with Crippen LogP contribution < -0.4 is 10.6 Å². The number of fused-ring (bicyclic) bond motifs is 2. The van der Waals surface area contributed by atoms with Gasteiger partial charge in [-0.15, -0.1) is 0 Å². The molecule has 0 saturated heterocycles. The van der Waals surface area contributed by atoms with Crippen molar-refractivity contribution in [3.63, 3.8) is 0 Å². The molecule has 1 aliphatic rings. The Hall–Kier alpha value is -4.32. The van der Waals surface area contributed by atoms with Gasteiger partial charge in [-0.1, -0.05) is 50.6 Å².